The van der Waals surface area contributed by atoms with Crippen molar-refractivity contribution in [2.75, 3.05) is 6.61 Å². The molecule has 0 spiro atoms. The molecule has 0 aliphatic carbocycles. The predicted molar refractivity (Wildman–Crippen MR) is 76.8 cm³/mol. The molecule has 1 unspecified atom stereocenters. The van der Waals surface area contributed by atoms with Gasteiger partial charge in [-0.3, -0.25) is 4.79 Å². The number of nitrogens with one attached hydrogen (secondary N) is 2. The number of benzene rings is 1. The molecule has 0 fully saturated rings. The van der Waals surface area contributed by atoms with Crippen LogP contribution < -0.4 is 10.1 Å². The Morgan fingerprint density at radius 3 is 3.00 bits per heavy atom. The van der Waals surface area contributed by atoms with Gasteiger partial charge in [-0.2, -0.15) is 0 Å². The van der Waals surface area contributed by atoms with Crippen LogP contribution in [0.5, 0.6) is 5.75 Å². The van der Waals surface area contributed by atoms with Crippen molar-refractivity contribution in [3.8, 4) is 5.75 Å². The second-order valence-electron chi connectivity index (χ2n) is 4.46. The highest BCUT2D eigenvalue weighted by atomic mass is 35.5. The van der Waals surface area contributed by atoms with Crippen LogP contribution >= 0.6 is 11.6 Å². The lowest BCUT2D eigenvalue weighted by Gasteiger charge is -2.13. The molecule has 20 heavy (non-hydrogen) atoms. The number of carbonyl (C=O) groups is 1. The zero-order valence-corrected chi connectivity index (χ0v) is 12.1. The lowest BCUT2D eigenvalue weighted by atomic mass is 10.2. The summed E-state index contributed by atoms with van der Waals surface area (Å²) in [5.41, 5.74) is 0.893. The molecule has 2 rings (SSSR count). The number of carbonyl (C=O) groups excluding carboxylic acids is 1. The first-order valence-electron chi connectivity index (χ1n) is 6.24. The summed E-state index contributed by atoms with van der Waals surface area (Å²) in [4.78, 5) is 18.8. The van der Waals surface area contributed by atoms with E-state index in [1.165, 1.54) is 0 Å². The van der Waals surface area contributed by atoms with Crippen molar-refractivity contribution in [2.45, 2.75) is 19.9 Å². The van der Waals surface area contributed by atoms with Crippen molar-refractivity contribution in [3.63, 3.8) is 0 Å². The standard InChI is InChI=1S/C14H16ClN3O2/c1-9-7-11(15)3-4-12(9)20-8-13(19)18-10(2)14-16-5-6-17-14/h3-7,10H,8H2,1-2H3,(H,16,17)(H,18,19). The topological polar surface area (TPSA) is 67.0 Å². The number of H-pyrrole nitrogens is 1. The third-order valence-electron chi connectivity index (χ3n) is 2.80. The largest absolute Gasteiger partial charge is 0.484 e. The maximum atomic E-state index is 11.8. The van der Waals surface area contributed by atoms with Gasteiger partial charge in [-0.1, -0.05) is 11.6 Å². The number of nitrogens with zero attached hydrogens (tertiary/aromatic N) is 1. The fraction of sp³-hybridized carbons (Fsp3) is 0.286. The first-order chi connectivity index (χ1) is 9.56. The number of halogens is 1. The predicted octanol–water partition coefficient (Wildman–Crippen LogP) is 2.63. The molecular formula is C14H16ClN3O2. The van der Waals surface area contributed by atoms with Crippen molar-refractivity contribution in [1.29, 1.82) is 0 Å². The summed E-state index contributed by atoms with van der Waals surface area (Å²) >= 11 is 5.86. The van der Waals surface area contributed by atoms with Gasteiger partial charge >= 0.3 is 0 Å². The summed E-state index contributed by atoms with van der Waals surface area (Å²) in [7, 11) is 0. The molecule has 0 saturated heterocycles. The van der Waals surface area contributed by atoms with Gasteiger partial charge in [0.1, 0.15) is 11.6 Å². The van der Waals surface area contributed by atoms with E-state index in [1.807, 2.05) is 13.8 Å². The van der Waals surface area contributed by atoms with Crippen molar-refractivity contribution in [1.82, 2.24) is 15.3 Å². The zero-order valence-electron chi connectivity index (χ0n) is 11.3. The highest BCUT2D eigenvalue weighted by Gasteiger charge is 2.12. The van der Waals surface area contributed by atoms with Crippen LogP contribution in [-0.2, 0) is 4.79 Å². The number of ether oxygens (including phenoxy) is 1. The van der Waals surface area contributed by atoms with E-state index >= 15 is 0 Å². The first-order valence-corrected chi connectivity index (χ1v) is 6.61. The molecule has 1 aromatic carbocycles. The lowest BCUT2D eigenvalue weighted by Crippen LogP contribution is -2.31. The molecule has 1 heterocycles. The Kier molecular flexibility index (Phi) is 4.63. The molecule has 106 valence electrons. The molecule has 5 nitrogen and oxygen atoms in total. The van der Waals surface area contributed by atoms with Gasteiger partial charge in [-0.15, -0.1) is 0 Å². The Morgan fingerprint density at radius 2 is 2.35 bits per heavy atom. The minimum atomic E-state index is -0.205. The number of hydrogen-bond donors (Lipinski definition) is 2. The van der Waals surface area contributed by atoms with Crippen molar-refractivity contribution in [2.24, 2.45) is 0 Å². The average Bonchev–Trinajstić information content (AvgIpc) is 2.91. The van der Waals surface area contributed by atoms with E-state index in [0.717, 1.165) is 5.56 Å². The molecule has 0 aliphatic rings. The summed E-state index contributed by atoms with van der Waals surface area (Å²) in [6, 6.07) is 5.08. The minimum Gasteiger partial charge on any atom is -0.484 e. The molecular weight excluding hydrogens is 278 g/mol. The van der Waals surface area contributed by atoms with Gasteiger partial charge in [-0.05, 0) is 37.6 Å². The van der Waals surface area contributed by atoms with Crippen LogP contribution in [0, 0.1) is 6.92 Å². The first kappa shape index (κ1) is 14.4. The van der Waals surface area contributed by atoms with Crippen LogP contribution in [0.2, 0.25) is 5.02 Å². The number of rotatable bonds is 5. The Bertz CT molecular complexity index is 584. The molecule has 1 amide bonds. The molecule has 0 saturated carbocycles. The van der Waals surface area contributed by atoms with Crippen LogP contribution in [0.15, 0.2) is 30.6 Å². The molecule has 0 radical (unpaired) electrons. The monoisotopic (exact) mass is 293 g/mol. The van der Waals surface area contributed by atoms with Crippen LogP contribution in [-0.4, -0.2) is 22.5 Å². The highest BCUT2D eigenvalue weighted by Crippen LogP contribution is 2.21. The normalized spacial score (nSPS) is 11.9. The van der Waals surface area contributed by atoms with Gasteiger partial charge in [0.25, 0.3) is 5.91 Å². The highest BCUT2D eigenvalue weighted by molar-refractivity contribution is 6.30. The van der Waals surface area contributed by atoms with Gasteiger partial charge in [-0.25, -0.2) is 4.98 Å². The Hall–Kier alpha value is -2.01. The van der Waals surface area contributed by atoms with Gasteiger partial charge in [0, 0.05) is 17.4 Å². The molecule has 1 atom stereocenters. The van der Waals surface area contributed by atoms with Crippen molar-refractivity contribution >= 4 is 17.5 Å². The maximum absolute atomic E-state index is 11.8. The van der Waals surface area contributed by atoms with Crippen molar-refractivity contribution in [3.05, 3.63) is 47.0 Å². The fourth-order valence-corrected chi connectivity index (χ4v) is 2.01. The number of imidazole rings is 1. The number of aryl methyl sites for hydroxylation is 1. The molecule has 0 aliphatic heterocycles. The fourth-order valence-electron chi connectivity index (χ4n) is 1.78. The second-order valence-corrected chi connectivity index (χ2v) is 4.90. The maximum Gasteiger partial charge on any atom is 0.258 e. The number of amides is 1. The number of aromatic nitrogens is 2. The summed E-state index contributed by atoms with van der Waals surface area (Å²) in [6.45, 7) is 3.68. The summed E-state index contributed by atoms with van der Waals surface area (Å²) in [5.74, 6) is 1.15. The number of hydrogen-bond acceptors (Lipinski definition) is 3. The van der Waals surface area contributed by atoms with E-state index in [1.54, 1.807) is 30.6 Å². The van der Waals surface area contributed by atoms with Crippen LogP contribution in [0.3, 0.4) is 0 Å². The molecule has 1 aromatic heterocycles. The van der Waals surface area contributed by atoms with E-state index in [9.17, 15) is 4.79 Å². The van der Waals surface area contributed by atoms with E-state index < -0.39 is 0 Å². The lowest BCUT2D eigenvalue weighted by molar-refractivity contribution is -0.123. The van der Waals surface area contributed by atoms with E-state index in [-0.39, 0.29) is 18.6 Å². The molecule has 0 bridgehead atoms. The average molecular weight is 294 g/mol. The molecule has 2 N–H and O–H groups in total. The van der Waals surface area contributed by atoms with Gasteiger partial charge in [0.05, 0.1) is 6.04 Å². The Labute approximate surface area is 122 Å². The summed E-state index contributed by atoms with van der Waals surface area (Å²) < 4.78 is 5.47. The smallest absolute Gasteiger partial charge is 0.258 e. The number of aromatic amines is 1. The van der Waals surface area contributed by atoms with Crippen LogP contribution in [0.1, 0.15) is 24.4 Å². The summed E-state index contributed by atoms with van der Waals surface area (Å²) in [5, 5.41) is 3.44. The Morgan fingerprint density at radius 1 is 1.55 bits per heavy atom. The Balaban J connectivity index is 1.86. The van der Waals surface area contributed by atoms with E-state index in [0.29, 0.717) is 16.6 Å². The molecule has 2 aromatic rings. The molecule has 6 heteroatoms. The second kappa shape index (κ2) is 6.43. The van der Waals surface area contributed by atoms with Crippen LogP contribution in [0.25, 0.3) is 0 Å². The quantitative estimate of drug-likeness (QED) is 0.890. The van der Waals surface area contributed by atoms with E-state index in [4.69, 9.17) is 16.3 Å². The minimum absolute atomic E-state index is 0.0481. The van der Waals surface area contributed by atoms with Gasteiger partial charge in [0.15, 0.2) is 6.61 Å². The zero-order chi connectivity index (χ0) is 14.5. The summed E-state index contributed by atoms with van der Waals surface area (Å²) in [6.07, 6.45) is 3.36. The third kappa shape index (κ3) is 3.74. The van der Waals surface area contributed by atoms with E-state index in [2.05, 4.69) is 15.3 Å². The van der Waals surface area contributed by atoms with Crippen LogP contribution in [0.4, 0.5) is 0 Å². The van der Waals surface area contributed by atoms with Gasteiger partial charge in [0.2, 0.25) is 0 Å². The third-order valence-corrected chi connectivity index (χ3v) is 3.04. The SMILES string of the molecule is Cc1cc(Cl)ccc1OCC(=O)NC(C)c1ncc[nH]1. The van der Waals surface area contributed by atoms with Crippen molar-refractivity contribution < 1.29 is 9.53 Å². The van der Waals surface area contributed by atoms with Gasteiger partial charge < -0.3 is 15.0 Å².